The van der Waals surface area contributed by atoms with Crippen molar-refractivity contribution in [2.45, 2.75) is 24.2 Å². The van der Waals surface area contributed by atoms with E-state index < -0.39 is 0 Å². The zero-order valence-corrected chi connectivity index (χ0v) is 8.56. The van der Waals surface area contributed by atoms with Crippen LogP contribution in [0.1, 0.15) is 19.3 Å². The standard InChI is InChI=1S/C11H15FS/c12-10-4-6-11(7-5-10)13-8-2-1-3-9-13/h4-7,13H,1-3,8-9H2. The first-order chi connectivity index (χ1) is 6.36. The Labute approximate surface area is 81.5 Å². The summed E-state index contributed by atoms with van der Waals surface area (Å²) in [5, 5.41) is 0. The Kier molecular flexibility index (Phi) is 2.89. The van der Waals surface area contributed by atoms with Crippen molar-refractivity contribution in [3.05, 3.63) is 30.1 Å². The number of rotatable bonds is 1. The van der Waals surface area contributed by atoms with E-state index >= 15 is 0 Å². The molecule has 1 fully saturated rings. The van der Waals surface area contributed by atoms with E-state index in [0.29, 0.717) is 0 Å². The lowest BCUT2D eigenvalue weighted by Gasteiger charge is -2.26. The van der Waals surface area contributed by atoms with Crippen LogP contribution in [0.4, 0.5) is 4.39 Å². The van der Waals surface area contributed by atoms with Crippen LogP contribution in [0.2, 0.25) is 0 Å². The van der Waals surface area contributed by atoms with Crippen LogP contribution in [0, 0.1) is 5.82 Å². The first-order valence-corrected chi connectivity index (χ1v) is 6.58. The maximum absolute atomic E-state index is 12.7. The third kappa shape index (κ3) is 2.25. The molecular formula is C11H15FS. The summed E-state index contributed by atoms with van der Waals surface area (Å²) in [4.78, 5) is 1.39. The van der Waals surface area contributed by atoms with Crippen molar-refractivity contribution < 1.29 is 4.39 Å². The Bertz CT molecular complexity index is 262. The highest BCUT2D eigenvalue weighted by molar-refractivity contribution is 8.17. The van der Waals surface area contributed by atoms with Crippen molar-refractivity contribution in [3.8, 4) is 0 Å². The molecule has 0 aliphatic carbocycles. The average Bonchev–Trinajstić information content (AvgIpc) is 2.20. The number of hydrogen-bond donors (Lipinski definition) is 1. The van der Waals surface area contributed by atoms with Gasteiger partial charge in [0.2, 0.25) is 0 Å². The average molecular weight is 198 g/mol. The lowest BCUT2D eigenvalue weighted by molar-refractivity contribution is 0.626. The van der Waals surface area contributed by atoms with Crippen LogP contribution in [0.3, 0.4) is 0 Å². The predicted molar refractivity (Wildman–Crippen MR) is 57.2 cm³/mol. The maximum atomic E-state index is 12.7. The summed E-state index contributed by atoms with van der Waals surface area (Å²) >= 11 is 0. The molecule has 0 bridgehead atoms. The highest BCUT2D eigenvalue weighted by atomic mass is 32.2. The molecule has 0 atom stereocenters. The van der Waals surface area contributed by atoms with E-state index in [1.165, 1.54) is 35.7 Å². The molecule has 0 saturated carbocycles. The summed E-state index contributed by atoms with van der Waals surface area (Å²) in [5.41, 5.74) is 0. The molecule has 0 spiro atoms. The molecule has 13 heavy (non-hydrogen) atoms. The lowest BCUT2D eigenvalue weighted by atomic mass is 10.3. The Morgan fingerprint density at radius 3 is 2.15 bits per heavy atom. The molecule has 1 heterocycles. The second-order valence-electron chi connectivity index (χ2n) is 3.52. The van der Waals surface area contributed by atoms with Gasteiger partial charge in [0.1, 0.15) is 5.82 Å². The molecule has 0 aromatic heterocycles. The number of hydrogen-bond acceptors (Lipinski definition) is 0. The molecule has 0 radical (unpaired) electrons. The summed E-state index contributed by atoms with van der Waals surface area (Å²) < 4.78 is 12.7. The van der Waals surface area contributed by atoms with Crippen LogP contribution in [0.25, 0.3) is 0 Å². The molecule has 1 aliphatic rings. The van der Waals surface area contributed by atoms with Gasteiger partial charge in [0.05, 0.1) is 0 Å². The Morgan fingerprint density at radius 2 is 1.54 bits per heavy atom. The fourth-order valence-corrected chi connectivity index (χ4v) is 4.33. The minimum Gasteiger partial charge on any atom is -0.227 e. The highest BCUT2D eigenvalue weighted by Gasteiger charge is 2.10. The van der Waals surface area contributed by atoms with Crippen molar-refractivity contribution >= 4 is 10.9 Å². The van der Waals surface area contributed by atoms with Gasteiger partial charge in [-0.15, -0.1) is 0 Å². The zero-order valence-electron chi connectivity index (χ0n) is 7.67. The summed E-state index contributed by atoms with van der Waals surface area (Å²) in [6.45, 7) is 0. The number of benzene rings is 1. The zero-order chi connectivity index (χ0) is 9.10. The van der Waals surface area contributed by atoms with Gasteiger partial charge in [-0.2, -0.15) is 0 Å². The van der Waals surface area contributed by atoms with E-state index in [2.05, 4.69) is 0 Å². The number of thiol groups is 1. The molecule has 0 N–H and O–H groups in total. The highest BCUT2D eigenvalue weighted by Crippen LogP contribution is 2.40. The van der Waals surface area contributed by atoms with Crippen LogP contribution in [-0.2, 0) is 0 Å². The van der Waals surface area contributed by atoms with Crippen LogP contribution in [0.5, 0.6) is 0 Å². The summed E-state index contributed by atoms with van der Waals surface area (Å²) in [6, 6.07) is 7.11. The Hall–Kier alpha value is -0.500. The van der Waals surface area contributed by atoms with Gasteiger partial charge < -0.3 is 0 Å². The van der Waals surface area contributed by atoms with Crippen LogP contribution >= 0.6 is 10.9 Å². The molecule has 0 nitrogen and oxygen atoms in total. The van der Waals surface area contributed by atoms with Crippen molar-refractivity contribution in [3.63, 3.8) is 0 Å². The second kappa shape index (κ2) is 4.14. The Morgan fingerprint density at radius 1 is 0.923 bits per heavy atom. The van der Waals surface area contributed by atoms with Crippen LogP contribution in [-0.4, -0.2) is 11.5 Å². The van der Waals surface area contributed by atoms with Crippen LogP contribution in [0.15, 0.2) is 29.2 Å². The second-order valence-corrected chi connectivity index (χ2v) is 6.01. The molecule has 1 aromatic carbocycles. The first-order valence-electron chi connectivity index (χ1n) is 4.87. The lowest BCUT2D eigenvalue weighted by Crippen LogP contribution is -2.02. The van der Waals surface area contributed by atoms with Gasteiger partial charge in [-0.3, -0.25) is 0 Å². The van der Waals surface area contributed by atoms with E-state index in [-0.39, 0.29) is 16.7 Å². The normalized spacial score (nSPS) is 20.2. The summed E-state index contributed by atoms with van der Waals surface area (Å²) in [7, 11) is 0.0541. The van der Waals surface area contributed by atoms with E-state index in [1.807, 2.05) is 12.1 Å². The van der Waals surface area contributed by atoms with Crippen molar-refractivity contribution in [2.24, 2.45) is 0 Å². The fraction of sp³-hybridized carbons (Fsp3) is 0.455. The van der Waals surface area contributed by atoms with Crippen molar-refractivity contribution in [2.75, 3.05) is 11.5 Å². The van der Waals surface area contributed by atoms with Gasteiger partial charge in [0, 0.05) is 0 Å². The molecule has 0 amide bonds. The molecule has 72 valence electrons. The molecule has 1 saturated heterocycles. The van der Waals surface area contributed by atoms with Gasteiger partial charge >= 0.3 is 0 Å². The molecular weight excluding hydrogens is 183 g/mol. The van der Waals surface area contributed by atoms with Gasteiger partial charge in [-0.25, -0.2) is 15.3 Å². The quantitative estimate of drug-likeness (QED) is 0.657. The topological polar surface area (TPSA) is 0 Å². The maximum Gasteiger partial charge on any atom is 0.123 e. The van der Waals surface area contributed by atoms with Gasteiger partial charge in [-0.1, -0.05) is 6.42 Å². The molecule has 1 aromatic rings. The molecule has 1 aliphatic heterocycles. The van der Waals surface area contributed by atoms with Gasteiger partial charge in [0.25, 0.3) is 0 Å². The van der Waals surface area contributed by atoms with Crippen molar-refractivity contribution in [1.82, 2.24) is 0 Å². The third-order valence-corrected chi connectivity index (χ3v) is 5.29. The van der Waals surface area contributed by atoms with E-state index in [4.69, 9.17) is 0 Å². The van der Waals surface area contributed by atoms with E-state index in [1.54, 1.807) is 12.1 Å². The van der Waals surface area contributed by atoms with Gasteiger partial charge in [-0.05, 0) is 53.5 Å². The number of halogens is 1. The summed E-state index contributed by atoms with van der Waals surface area (Å²) in [6.07, 6.45) is 4.12. The predicted octanol–water partition coefficient (Wildman–Crippen LogP) is 3.37. The molecule has 2 heteroatoms. The summed E-state index contributed by atoms with van der Waals surface area (Å²) in [5.74, 6) is 2.58. The van der Waals surface area contributed by atoms with Crippen molar-refractivity contribution in [1.29, 1.82) is 0 Å². The minimum atomic E-state index is -0.115. The first kappa shape index (κ1) is 9.07. The molecule has 0 unspecified atom stereocenters. The largest absolute Gasteiger partial charge is 0.227 e. The molecule has 2 rings (SSSR count). The third-order valence-electron chi connectivity index (χ3n) is 2.55. The SMILES string of the molecule is Fc1ccc([SH]2CCCCC2)cc1. The van der Waals surface area contributed by atoms with E-state index in [0.717, 1.165) is 0 Å². The monoisotopic (exact) mass is 198 g/mol. The van der Waals surface area contributed by atoms with E-state index in [9.17, 15) is 4.39 Å². The minimum absolute atomic E-state index is 0.0541. The van der Waals surface area contributed by atoms with Gasteiger partial charge in [0.15, 0.2) is 0 Å². The Balaban J connectivity index is 2.10. The fourth-order valence-electron chi connectivity index (χ4n) is 1.80. The smallest absolute Gasteiger partial charge is 0.123 e. The van der Waals surface area contributed by atoms with Crippen LogP contribution < -0.4 is 0 Å².